The molecule has 1 aromatic rings. The van der Waals surface area contributed by atoms with Crippen LogP contribution in [0.3, 0.4) is 0 Å². The molecule has 0 saturated carbocycles. The van der Waals surface area contributed by atoms with E-state index >= 15 is 0 Å². The fourth-order valence-corrected chi connectivity index (χ4v) is 1.11. The molecule has 0 aliphatic heterocycles. The Kier molecular flexibility index (Phi) is 5.58. The maximum Gasteiger partial charge on any atom is 0.334 e. The predicted octanol–water partition coefficient (Wildman–Crippen LogP) is -0.989. The van der Waals surface area contributed by atoms with Crippen LogP contribution in [0, 0.1) is 0 Å². The molecule has 1 atom stereocenters. The van der Waals surface area contributed by atoms with Crippen LogP contribution >= 0.6 is 0 Å². The van der Waals surface area contributed by atoms with E-state index < -0.39 is 18.1 Å². The monoisotopic (exact) mass is 258 g/mol. The molecule has 9 nitrogen and oxygen atoms in total. The highest BCUT2D eigenvalue weighted by Crippen LogP contribution is 1.90. The molecule has 9 heteroatoms. The zero-order valence-electron chi connectivity index (χ0n) is 9.75. The average Bonchev–Trinajstić information content (AvgIpc) is 2.82. The normalized spacial score (nSPS) is 11.8. The van der Waals surface area contributed by atoms with Gasteiger partial charge in [-0.05, 0) is 0 Å². The minimum atomic E-state index is -1.14. The summed E-state index contributed by atoms with van der Waals surface area (Å²) < 4.78 is 9.38. The first-order valence-electron chi connectivity index (χ1n) is 5.16. The number of rotatable bonds is 7. The molecule has 0 aliphatic rings. The number of nitrogens with one attached hydrogen (secondary N) is 2. The third-order valence-corrected chi connectivity index (χ3v) is 2.04. The zero-order chi connectivity index (χ0) is 13.4. The summed E-state index contributed by atoms with van der Waals surface area (Å²) in [5.74, 6) is -0.723. The molecule has 2 amide bonds. The number of nitrogens with zero attached hydrogens (tertiary/aromatic N) is 2. The number of aliphatic carboxylic acids is 1. The van der Waals surface area contributed by atoms with Crippen LogP contribution in [-0.4, -0.2) is 53.6 Å². The Hall–Kier alpha value is -2.16. The van der Waals surface area contributed by atoms with E-state index in [1.54, 1.807) is 0 Å². The van der Waals surface area contributed by atoms with Crippen molar-refractivity contribution in [2.75, 3.05) is 20.2 Å². The Morgan fingerprint density at radius 3 is 2.89 bits per heavy atom. The molecule has 1 heterocycles. The van der Waals surface area contributed by atoms with Crippen LogP contribution in [0.5, 0.6) is 0 Å². The molecule has 1 aromatic heterocycles. The molecule has 100 valence electrons. The van der Waals surface area contributed by atoms with E-state index in [2.05, 4.69) is 25.5 Å². The van der Waals surface area contributed by atoms with Gasteiger partial charge in [0.1, 0.15) is 0 Å². The largest absolute Gasteiger partial charge is 0.479 e. The minimum Gasteiger partial charge on any atom is -0.479 e. The van der Waals surface area contributed by atoms with Crippen molar-refractivity contribution in [2.45, 2.75) is 12.5 Å². The highest BCUT2D eigenvalue weighted by Gasteiger charge is 2.16. The van der Waals surface area contributed by atoms with Gasteiger partial charge in [0, 0.05) is 20.1 Å². The van der Waals surface area contributed by atoms with Crippen LogP contribution in [-0.2, 0) is 16.0 Å². The maximum absolute atomic E-state index is 11.3. The Morgan fingerprint density at radius 1 is 1.56 bits per heavy atom. The van der Waals surface area contributed by atoms with E-state index in [0.29, 0.717) is 18.9 Å². The molecule has 0 saturated heterocycles. The number of hydrogen-bond acceptors (Lipinski definition) is 6. The molecule has 0 spiro atoms. The van der Waals surface area contributed by atoms with Crippen molar-refractivity contribution in [2.24, 2.45) is 0 Å². The molecular weight excluding hydrogens is 244 g/mol. The predicted molar refractivity (Wildman–Crippen MR) is 57.8 cm³/mol. The van der Waals surface area contributed by atoms with Crippen LogP contribution in [0.1, 0.15) is 5.89 Å². The maximum atomic E-state index is 11.3. The second kappa shape index (κ2) is 7.22. The van der Waals surface area contributed by atoms with Crippen molar-refractivity contribution >= 4 is 12.0 Å². The minimum absolute atomic E-state index is 0.113. The first-order chi connectivity index (χ1) is 8.63. The van der Waals surface area contributed by atoms with Crippen molar-refractivity contribution in [3.8, 4) is 0 Å². The smallest absolute Gasteiger partial charge is 0.334 e. The lowest BCUT2D eigenvalue weighted by atomic mass is 10.3. The molecule has 3 N–H and O–H groups in total. The van der Waals surface area contributed by atoms with E-state index in [0.717, 1.165) is 0 Å². The van der Waals surface area contributed by atoms with Gasteiger partial charge in [-0.3, -0.25) is 0 Å². The average molecular weight is 258 g/mol. The fraction of sp³-hybridized carbons (Fsp3) is 0.556. The highest BCUT2D eigenvalue weighted by atomic mass is 16.5. The Morgan fingerprint density at radius 2 is 2.33 bits per heavy atom. The van der Waals surface area contributed by atoms with Crippen LogP contribution in [0.15, 0.2) is 10.9 Å². The van der Waals surface area contributed by atoms with Gasteiger partial charge in [0.05, 0.1) is 6.54 Å². The number of amides is 2. The second-order valence-corrected chi connectivity index (χ2v) is 3.28. The van der Waals surface area contributed by atoms with Crippen LogP contribution < -0.4 is 10.6 Å². The molecule has 0 aromatic carbocycles. The Bertz CT molecular complexity index is 380. The molecule has 0 aliphatic carbocycles. The van der Waals surface area contributed by atoms with E-state index in [9.17, 15) is 9.59 Å². The summed E-state index contributed by atoms with van der Waals surface area (Å²) in [5, 5.41) is 17.0. The lowest BCUT2D eigenvalue weighted by Crippen LogP contribution is -2.43. The van der Waals surface area contributed by atoms with Gasteiger partial charge in [-0.25, -0.2) is 9.59 Å². The van der Waals surface area contributed by atoms with Gasteiger partial charge in [-0.2, -0.15) is 4.98 Å². The lowest BCUT2D eigenvalue weighted by molar-refractivity contribution is -0.147. The second-order valence-electron chi connectivity index (χ2n) is 3.28. The van der Waals surface area contributed by atoms with Crippen molar-refractivity contribution in [1.29, 1.82) is 0 Å². The van der Waals surface area contributed by atoms with E-state index in [-0.39, 0.29) is 6.54 Å². The van der Waals surface area contributed by atoms with Gasteiger partial charge < -0.3 is 25.0 Å². The summed E-state index contributed by atoms with van der Waals surface area (Å²) in [6.45, 7) is 0.191. The number of carboxylic acids is 1. The molecule has 1 unspecified atom stereocenters. The number of aromatic nitrogens is 2. The number of hydrogen-bond donors (Lipinski definition) is 3. The quantitative estimate of drug-likeness (QED) is 0.573. The summed E-state index contributed by atoms with van der Waals surface area (Å²) in [6.07, 6.45) is 0.609. The first-order valence-corrected chi connectivity index (χ1v) is 5.16. The van der Waals surface area contributed by atoms with Gasteiger partial charge in [-0.1, -0.05) is 5.16 Å². The zero-order valence-corrected chi connectivity index (χ0v) is 9.75. The van der Waals surface area contributed by atoms with Crippen molar-refractivity contribution < 1.29 is 24.0 Å². The molecular formula is C9H14N4O5. The third-order valence-electron chi connectivity index (χ3n) is 2.04. The lowest BCUT2D eigenvalue weighted by Gasteiger charge is -2.11. The van der Waals surface area contributed by atoms with Crippen LogP contribution in [0.2, 0.25) is 0 Å². The molecule has 0 radical (unpaired) electrons. The highest BCUT2D eigenvalue weighted by molar-refractivity contribution is 5.76. The number of carbonyl (C=O) groups is 2. The van der Waals surface area contributed by atoms with Gasteiger partial charge in [0.25, 0.3) is 0 Å². The van der Waals surface area contributed by atoms with Gasteiger partial charge >= 0.3 is 12.0 Å². The Labute approximate surface area is 103 Å². The van der Waals surface area contributed by atoms with Crippen molar-refractivity contribution in [3.05, 3.63) is 12.2 Å². The summed E-state index contributed by atoms with van der Waals surface area (Å²) in [5.41, 5.74) is 0. The van der Waals surface area contributed by atoms with Gasteiger partial charge in [0.15, 0.2) is 12.4 Å². The molecule has 0 bridgehead atoms. The van der Waals surface area contributed by atoms with Gasteiger partial charge in [0.2, 0.25) is 5.89 Å². The standard InChI is InChI=1S/C9H14N4O5/c1-17-6(8(14)15)4-11-9(16)10-3-2-7-12-5-13-18-7/h5-6H,2-4H2,1H3,(H,14,15)(H2,10,11,16). The van der Waals surface area contributed by atoms with Gasteiger partial charge in [-0.15, -0.1) is 0 Å². The summed E-state index contributed by atoms with van der Waals surface area (Å²) in [4.78, 5) is 25.6. The van der Waals surface area contributed by atoms with Crippen molar-refractivity contribution in [1.82, 2.24) is 20.8 Å². The number of carboxylic acid groups (broad SMARTS) is 1. The van der Waals surface area contributed by atoms with Crippen LogP contribution in [0.25, 0.3) is 0 Å². The number of urea groups is 1. The molecule has 1 rings (SSSR count). The van der Waals surface area contributed by atoms with E-state index in [4.69, 9.17) is 9.63 Å². The number of methoxy groups -OCH3 is 1. The summed E-state index contributed by atoms with van der Waals surface area (Å²) in [6, 6.07) is -0.488. The molecule has 18 heavy (non-hydrogen) atoms. The Balaban J connectivity index is 2.15. The number of ether oxygens (including phenoxy) is 1. The number of carbonyl (C=O) groups excluding carboxylic acids is 1. The molecule has 0 fully saturated rings. The van der Waals surface area contributed by atoms with Crippen LogP contribution in [0.4, 0.5) is 4.79 Å². The van der Waals surface area contributed by atoms with E-state index in [1.165, 1.54) is 13.4 Å². The van der Waals surface area contributed by atoms with E-state index in [1.807, 2.05) is 0 Å². The third kappa shape index (κ3) is 4.78. The summed E-state index contributed by atoms with van der Waals surface area (Å²) >= 11 is 0. The first kappa shape index (κ1) is 13.9. The van der Waals surface area contributed by atoms with Crippen molar-refractivity contribution in [3.63, 3.8) is 0 Å². The fourth-order valence-electron chi connectivity index (χ4n) is 1.11. The topological polar surface area (TPSA) is 127 Å². The SMILES string of the molecule is COC(CNC(=O)NCCc1ncno1)C(=O)O. The summed E-state index contributed by atoms with van der Waals surface area (Å²) in [7, 11) is 1.26.